The Morgan fingerprint density at radius 3 is 2.56 bits per heavy atom. The molecule has 0 aliphatic heterocycles. The van der Waals surface area contributed by atoms with Crippen molar-refractivity contribution >= 4 is 12.0 Å². The van der Waals surface area contributed by atoms with Gasteiger partial charge in [0.05, 0.1) is 5.92 Å². The Kier molecular flexibility index (Phi) is 8.24. The Hall–Kier alpha value is -1.30. The topological polar surface area (TPSA) is 87.7 Å². The van der Waals surface area contributed by atoms with Crippen molar-refractivity contribution < 1.29 is 19.4 Å². The smallest absolute Gasteiger partial charge is 0.314 e. The molecule has 1 unspecified atom stereocenters. The number of amides is 2. The fraction of sp³-hybridized carbons (Fsp3) is 0.800. The number of ether oxygens (including phenoxy) is 1. The predicted molar refractivity (Wildman–Crippen MR) is 59.3 cm³/mol. The third-order valence-corrected chi connectivity index (χ3v) is 2.05. The largest absolute Gasteiger partial charge is 0.481 e. The summed E-state index contributed by atoms with van der Waals surface area (Å²) < 4.78 is 4.86. The summed E-state index contributed by atoms with van der Waals surface area (Å²) in [5.74, 6) is -1.49. The summed E-state index contributed by atoms with van der Waals surface area (Å²) in [5, 5.41) is 13.7. The number of rotatable bonds is 8. The molecule has 6 nitrogen and oxygen atoms in total. The summed E-state index contributed by atoms with van der Waals surface area (Å²) in [4.78, 5) is 21.6. The Morgan fingerprint density at radius 2 is 2.00 bits per heavy atom. The van der Waals surface area contributed by atoms with Gasteiger partial charge in [-0.25, -0.2) is 4.79 Å². The highest BCUT2D eigenvalue weighted by atomic mass is 16.5. The van der Waals surface area contributed by atoms with Crippen molar-refractivity contribution in [1.29, 1.82) is 0 Å². The van der Waals surface area contributed by atoms with Crippen molar-refractivity contribution in [3.63, 3.8) is 0 Å². The zero-order valence-electron chi connectivity index (χ0n) is 9.78. The van der Waals surface area contributed by atoms with Gasteiger partial charge in [-0.15, -0.1) is 0 Å². The quantitative estimate of drug-likeness (QED) is 0.530. The Bertz CT molecular complexity index is 221. The van der Waals surface area contributed by atoms with Crippen LogP contribution in [0.2, 0.25) is 0 Å². The van der Waals surface area contributed by atoms with Gasteiger partial charge in [0.25, 0.3) is 0 Å². The number of carboxylic acid groups (broad SMARTS) is 1. The van der Waals surface area contributed by atoms with Crippen LogP contribution in [0.4, 0.5) is 4.79 Å². The molecule has 0 heterocycles. The predicted octanol–water partition coefficient (Wildman–Crippen LogP) is 0.433. The van der Waals surface area contributed by atoms with Crippen molar-refractivity contribution in [1.82, 2.24) is 10.6 Å². The highest BCUT2D eigenvalue weighted by molar-refractivity contribution is 5.75. The van der Waals surface area contributed by atoms with E-state index in [2.05, 4.69) is 10.6 Å². The summed E-state index contributed by atoms with van der Waals surface area (Å²) in [7, 11) is 1.63. The van der Waals surface area contributed by atoms with Crippen LogP contribution in [-0.2, 0) is 9.53 Å². The van der Waals surface area contributed by atoms with E-state index in [0.29, 0.717) is 13.2 Å². The van der Waals surface area contributed by atoms with E-state index < -0.39 is 11.9 Å². The van der Waals surface area contributed by atoms with Crippen LogP contribution in [0.1, 0.15) is 19.8 Å². The van der Waals surface area contributed by atoms with Crippen LogP contribution in [0.3, 0.4) is 0 Å². The monoisotopic (exact) mass is 232 g/mol. The van der Waals surface area contributed by atoms with Crippen LogP contribution < -0.4 is 10.6 Å². The molecule has 16 heavy (non-hydrogen) atoms. The van der Waals surface area contributed by atoms with Crippen LogP contribution in [-0.4, -0.2) is 43.9 Å². The van der Waals surface area contributed by atoms with Crippen LogP contribution in [0.5, 0.6) is 0 Å². The third-order valence-electron chi connectivity index (χ3n) is 2.05. The summed E-state index contributed by atoms with van der Waals surface area (Å²) in [6.07, 6.45) is 1.73. The number of urea groups is 1. The van der Waals surface area contributed by atoms with E-state index in [1.807, 2.05) is 0 Å². The van der Waals surface area contributed by atoms with Gasteiger partial charge in [-0.1, -0.05) is 6.92 Å². The van der Waals surface area contributed by atoms with Crippen molar-refractivity contribution in [2.45, 2.75) is 19.8 Å². The van der Waals surface area contributed by atoms with Crippen LogP contribution in [0.25, 0.3) is 0 Å². The van der Waals surface area contributed by atoms with Crippen LogP contribution >= 0.6 is 0 Å². The van der Waals surface area contributed by atoms with E-state index in [0.717, 1.165) is 12.8 Å². The zero-order chi connectivity index (χ0) is 12.4. The summed E-state index contributed by atoms with van der Waals surface area (Å²) in [6, 6.07) is -0.328. The molecule has 0 aromatic rings. The molecule has 0 rings (SSSR count). The third kappa shape index (κ3) is 8.05. The second kappa shape index (κ2) is 8.96. The van der Waals surface area contributed by atoms with Crippen molar-refractivity contribution in [3.05, 3.63) is 0 Å². The van der Waals surface area contributed by atoms with E-state index in [1.165, 1.54) is 0 Å². The lowest BCUT2D eigenvalue weighted by atomic mass is 10.2. The first-order valence-corrected chi connectivity index (χ1v) is 5.31. The Balaban J connectivity index is 3.41. The molecule has 3 N–H and O–H groups in total. The van der Waals surface area contributed by atoms with E-state index in [9.17, 15) is 9.59 Å². The highest BCUT2D eigenvalue weighted by Crippen LogP contribution is 1.91. The fourth-order valence-corrected chi connectivity index (χ4v) is 0.969. The molecule has 0 aliphatic carbocycles. The van der Waals surface area contributed by atoms with Crippen LogP contribution in [0.15, 0.2) is 0 Å². The first-order valence-electron chi connectivity index (χ1n) is 5.31. The number of hydrogen-bond acceptors (Lipinski definition) is 3. The number of aliphatic carboxylic acids is 1. The maximum absolute atomic E-state index is 11.2. The molecule has 0 saturated heterocycles. The molecule has 0 spiro atoms. The molecular formula is C10H20N2O4. The molecule has 1 atom stereocenters. The average Bonchev–Trinajstić information content (AvgIpc) is 2.25. The molecule has 0 fully saturated rings. The average molecular weight is 232 g/mol. The van der Waals surface area contributed by atoms with E-state index in [4.69, 9.17) is 9.84 Å². The lowest BCUT2D eigenvalue weighted by molar-refractivity contribution is -0.140. The zero-order valence-corrected chi connectivity index (χ0v) is 9.78. The minimum atomic E-state index is -0.916. The van der Waals surface area contributed by atoms with Gasteiger partial charge < -0.3 is 20.5 Å². The number of carboxylic acids is 1. The van der Waals surface area contributed by atoms with Gasteiger partial charge in [-0.05, 0) is 12.8 Å². The summed E-state index contributed by atoms with van der Waals surface area (Å²) >= 11 is 0. The molecule has 0 aromatic heterocycles. The molecule has 0 saturated carbocycles. The van der Waals surface area contributed by atoms with Crippen LogP contribution in [0, 0.1) is 5.92 Å². The number of nitrogens with one attached hydrogen (secondary N) is 2. The first kappa shape index (κ1) is 14.7. The lowest BCUT2D eigenvalue weighted by Crippen LogP contribution is -2.39. The molecule has 94 valence electrons. The minimum Gasteiger partial charge on any atom is -0.481 e. The van der Waals surface area contributed by atoms with E-state index in [1.54, 1.807) is 14.0 Å². The second-order valence-electron chi connectivity index (χ2n) is 3.58. The number of carbonyl (C=O) groups excluding carboxylic acids is 1. The summed E-state index contributed by atoms with van der Waals surface area (Å²) in [5.41, 5.74) is 0. The normalized spacial score (nSPS) is 11.9. The van der Waals surface area contributed by atoms with Gasteiger partial charge >= 0.3 is 12.0 Å². The first-order chi connectivity index (χ1) is 7.57. The molecule has 0 bridgehead atoms. The number of carbonyl (C=O) groups is 2. The van der Waals surface area contributed by atoms with E-state index >= 15 is 0 Å². The number of hydrogen-bond donors (Lipinski definition) is 3. The summed E-state index contributed by atoms with van der Waals surface area (Å²) in [6.45, 7) is 2.93. The van der Waals surface area contributed by atoms with Gasteiger partial charge in [-0.3, -0.25) is 4.79 Å². The SMILES string of the molecule is COCCCCNC(=O)NCC(C)C(=O)O. The van der Waals surface area contributed by atoms with Crippen molar-refractivity contribution in [2.24, 2.45) is 5.92 Å². The van der Waals surface area contributed by atoms with Gasteiger partial charge in [0.1, 0.15) is 0 Å². The Labute approximate surface area is 95.4 Å². The minimum absolute atomic E-state index is 0.138. The van der Waals surface area contributed by atoms with E-state index in [-0.39, 0.29) is 12.6 Å². The molecule has 2 amide bonds. The fourth-order valence-electron chi connectivity index (χ4n) is 0.969. The molecule has 0 aromatic carbocycles. The molecule has 0 radical (unpaired) electrons. The number of unbranched alkanes of at least 4 members (excludes halogenated alkanes) is 1. The highest BCUT2D eigenvalue weighted by Gasteiger charge is 2.11. The van der Waals surface area contributed by atoms with Crippen molar-refractivity contribution in [3.8, 4) is 0 Å². The van der Waals surface area contributed by atoms with Gasteiger partial charge in [0.2, 0.25) is 0 Å². The number of methoxy groups -OCH3 is 1. The lowest BCUT2D eigenvalue weighted by Gasteiger charge is -2.09. The van der Waals surface area contributed by atoms with Gasteiger partial charge in [-0.2, -0.15) is 0 Å². The maximum atomic E-state index is 11.2. The Morgan fingerprint density at radius 1 is 1.31 bits per heavy atom. The van der Waals surface area contributed by atoms with Crippen molar-refractivity contribution in [2.75, 3.05) is 26.8 Å². The maximum Gasteiger partial charge on any atom is 0.314 e. The molecular weight excluding hydrogens is 212 g/mol. The van der Waals surface area contributed by atoms with Gasteiger partial charge in [0.15, 0.2) is 0 Å². The standard InChI is InChI=1S/C10H20N2O4/c1-8(9(13)14)7-12-10(15)11-5-3-4-6-16-2/h8H,3-7H2,1-2H3,(H,13,14)(H2,11,12,15). The molecule has 0 aliphatic rings. The van der Waals surface area contributed by atoms with Gasteiger partial charge in [0, 0.05) is 26.8 Å². The second-order valence-corrected chi connectivity index (χ2v) is 3.58. The molecule has 6 heteroatoms.